The van der Waals surface area contributed by atoms with Crippen LogP contribution in [0.2, 0.25) is 10.0 Å². The predicted octanol–water partition coefficient (Wildman–Crippen LogP) is 4.61. The summed E-state index contributed by atoms with van der Waals surface area (Å²) in [7, 11) is 0. The van der Waals surface area contributed by atoms with E-state index in [-0.39, 0.29) is 10.6 Å². The van der Waals surface area contributed by atoms with E-state index in [1.54, 1.807) is 36.5 Å². The molecule has 116 valence electrons. The van der Waals surface area contributed by atoms with Gasteiger partial charge in [-0.2, -0.15) is 5.26 Å². The van der Waals surface area contributed by atoms with Crippen LogP contribution in [0.4, 0.5) is 11.5 Å². The van der Waals surface area contributed by atoms with Crippen LogP contribution in [0.25, 0.3) is 0 Å². The van der Waals surface area contributed by atoms with Crippen LogP contribution < -0.4 is 10.6 Å². The maximum atomic E-state index is 12.1. The lowest BCUT2D eigenvalue weighted by Gasteiger charge is -2.07. The van der Waals surface area contributed by atoms with E-state index in [0.29, 0.717) is 16.5 Å². The van der Waals surface area contributed by atoms with Crippen LogP contribution in [-0.2, 0) is 4.79 Å². The number of benzene rings is 1. The molecule has 1 heterocycles. The molecule has 0 saturated heterocycles. The molecule has 5 nitrogen and oxygen atoms in total. The highest BCUT2D eigenvalue weighted by Gasteiger charge is 2.12. The maximum absolute atomic E-state index is 12.1. The number of halogens is 3. The van der Waals surface area contributed by atoms with E-state index in [1.807, 2.05) is 6.07 Å². The Labute approximate surface area is 151 Å². The molecular formula is C15H9BrCl2N4O. The summed E-state index contributed by atoms with van der Waals surface area (Å²) < 4.78 is 0.820. The first-order valence-corrected chi connectivity index (χ1v) is 7.80. The van der Waals surface area contributed by atoms with Gasteiger partial charge >= 0.3 is 0 Å². The zero-order chi connectivity index (χ0) is 16.8. The Morgan fingerprint density at radius 3 is 2.74 bits per heavy atom. The lowest BCUT2D eigenvalue weighted by atomic mass is 10.2. The molecule has 0 aliphatic heterocycles. The molecule has 8 heteroatoms. The fraction of sp³-hybridized carbons (Fsp3) is 0. The molecule has 1 aromatic heterocycles. The number of aromatic nitrogens is 1. The van der Waals surface area contributed by atoms with Gasteiger partial charge < -0.3 is 10.6 Å². The second-order valence-electron chi connectivity index (χ2n) is 4.23. The maximum Gasteiger partial charge on any atom is 0.267 e. The van der Waals surface area contributed by atoms with E-state index in [2.05, 4.69) is 31.5 Å². The van der Waals surface area contributed by atoms with Crippen LogP contribution in [0.5, 0.6) is 0 Å². The van der Waals surface area contributed by atoms with E-state index < -0.39 is 5.91 Å². The smallest absolute Gasteiger partial charge is 0.267 e. The van der Waals surface area contributed by atoms with Gasteiger partial charge in [-0.25, -0.2) is 4.98 Å². The molecule has 0 fully saturated rings. The molecule has 0 aliphatic carbocycles. The first kappa shape index (κ1) is 17.3. The number of anilines is 2. The lowest BCUT2D eigenvalue weighted by Crippen LogP contribution is -2.15. The van der Waals surface area contributed by atoms with Gasteiger partial charge in [0.1, 0.15) is 17.5 Å². The van der Waals surface area contributed by atoms with Crippen LogP contribution in [0.1, 0.15) is 0 Å². The van der Waals surface area contributed by atoms with Gasteiger partial charge in [-0.1, -0.05) is 29.3 Å². The van der Waals surface area contributed by atoms with Crippen molar-refractivity contribution in [2.24, 2.45) is 0 Å². The van der Waals surface area contributed by atoms with Crippen LogP contribution in [0.15, 0.2) is 52.8 Å². The quantitative estimate of drug-likeness (QED) is 0.568. The highest BCUT2D eigenvalue weighted by Crippen LogP contribution is 2.29. The van der Waals surface area contributed by atoms with Crippen molar-refractivity contribution in [2.75, 3.05) is 10.6 Å². The molecule has 23 heavy (non-hydrogen) atoms. The van der Waals surface area contributed by atoms with E-state index >= 15 is 0 Å². The molecule has 0 saturated carbocycles. The third kappa shape index (κ3) is 4.70. The van der Waals surface area contributed by atoms with E-state index in [4.69, 9.17) is 28.5 Å². The Hall–Kier alpha value is -2.07. The van der Waals surface area contributed by atoms with Crippen molar-refractivity contribution in [2.45, 2.75) is 0 Å². The summed E-state index contributed by atoms with van der Waals surface area (Å²) in [6, 6.07) is 10.1. The monoisotopic (exact) mass is 410 g/mol. The van der Waals surface area contributed by atoms with Crippen molar-refractivity contribution in [1.82, 2.24) is 4.98 Å². The highest BCUT2D eigenvalue weighted by molar-refractivity contribution is 9.10. The minimum atomic E-state index is -0.610. The average Bonchev–Trinajstić information content (AvgIpc) is 2.54. The second kappa shape index (κ2) is 7.97. The third-order valence-electron chi connectivity index (χ3n) is 2.66. The van der Waals surface area contributed by atoms with E-state index in [9.17, 15) is 4.79 Å². The number of nitrogens with zero attached hydrogens (tertiary/aromatic N) is 2. The molecule has 0 atom stereocenters. The van der Waals surface area contributed by atoms with Crippen molar-refractivity contribution >= 4 is 56.5 Å². The van der Waals surface area contributed by atoms with Crippen molar-refractivity contribution in [3.8, 4) is 6.07 Å². The van der Waals surface area contributed by atoms with Crippen molar-refractivity contribution in [3.05, 3.63) is 62.8 Å². The first-order chi connectivity index (χ1) is 11.0. The van der Waals surface area contributed by atoms with Gasteiger partial charge in [-0.05, 0) is 40.2 Å². The summed E-state index contributed by atoms with van der Waals surface area (Å²) >= 11 is 15.1. The van der Waals surface area contributed by atoms with Gasteiger partial charge in [0.05, 0.1) is 15.7 Å². The predicted molar refractivity (Wildman–Crippen MR) is 94.3 cm³/mol. The number of amides is 1. The van der Waals surface area contributed by atoms with Gasteiger partial charge in [0.2, 0.25) is 0 Å². The van der Waals surface area contributed by atoms with Crippen molar-refractivity contribution in [3.63, 3.8) is 0 Å². The van der Waals surface area contributed by atoms with Crippen molar-refractivity contribution < 1.29 is 4.79 Å². The largest absolute Gasteiger partial charge is 0.345 e. The normalized spacial score (nSPS) is 10.8. The molecule has 2 N–H and O–H groups in total. The number of carbonyl (C=O) groups excluding carboxylic acids is 1. The summed E-state index contributed by atoms with van der Waals surface area (Å²) in [6.45, 7) is 0. The summed E-state index contributed by atoms with van der Waals surface area (Å²) in [6.07, 6.45) is 2.86. The van der Waals surface area contributed by atoms with Gasteiger partial charge in [0.25, 0.3) is 5.91 Å². The van der Waals surface area contributed by atoms with Gasteiger partial charge in [0.15, 0.2) is 0 Å². The SMILES string of the molecule is N#C/C(=C/Nc1ccc(Br)cn1)C(=O)Nc1cccc(Cl)c1Cl. The number of pyridine rings is 1. The lowest BCUT2D eigenvalue weighted by molar-refractivity contribution is -0.112. The van der Waals surface area contributed by atoms with Crippen molar-refractivity contribution in [1.29, 1.82) is 5.26 Å². The van der Waals surface area contributed by atoms with Gasteiger partial charge in [-0.3, -0.25) is 4.79 Å². The number of rotatable bonds is 4. The minimum absolute atomic E-state index is 0.134. The number of nitrogens with one attached hydrogen (secondary N) is 2. The zero-order valence-corrected chi connectivity index (χ0v) is 14.6. The fourth-order valence-electron chi connectivity index (χ4n) is 1.55. The van der Waals surface area contributed by atoms with E-state index in [1.165, 1.54) is 6.20 Å². The Bertz CT molecular complexity index is 800. The van der Waals surface area contributed by atoms with Crippen LogP contribution in [0, 0.1) is 11.3 Å². The Morgan fingerprint density at radius 2 is 2.09 bits per heavy atom. The Kier molecular flexibility index (Phi) is 5.99. The first-order valence-electron chi connectivity index (χ1n) is 6.25. The Balaban J connectivity index is 2.12. The Morgan fingerprint density at radius 1 is 1.30 bits per heavy atom. The molecule has 2 aromatic rings. The standard InChI is InChI=1S/C15H9BrCl2N4O/c16-10-4-5-13(21-8-10)20-7-9(6-19)15(23)22-12-3-1-2-11(17)14(12)18/h1-5,7-8H,(H,20,21)(H,22,23)/b9-7-. The van der Waals surface area contributed by atoms with E-state index in [0.717, 1.165) is 4.47 Å². The molecule has 2 rings (SSSR count). The molecule has 0 aliphatic rings. The van der Waals surface area contributed by atoms with Crippen LogP contribution in [-0.4, -0.2) is 10.9 Å². The minimum Gasteiger partial charge on any atom is -0.345 e. The number of carbonyl (C=O) groups is 1. The molecule has 0 unspecified atom stereocenters. The van der Waals surface area contributed by atoms with Gasteiger partial charge in [0, 0.05) is 16.9 Å². The summed E-state index contributed by atoms with van der Waals surface area (Å²) in [5, 5.41) is 14.9. The molecule has 0 radical (unpaired) electrons. The molecule has 1 amide bonds. The fourth-order valence-corrected chi connectivity index (χ4v) is 2.13. The number of hydrogen-bond acceptors (Lipinski definition) is 4. The number of hydrogen-bond donors (Lipinski definition) is 2. The molecule has 0 spiro atoms. The molecule has 1 aromatic carbocycles. The van der Waals surface area contributed by atoms with Gasteiger partial charge in [-0.15, -0.1) is 0 Å². The zero-order valence-electron chi connectivity index (χ0n) is 11.5. The molecular weight excluding hydrogens is 403 g/mol. The molecule has 0 bridgehead atoms. The average molecular weight is 412 g/mol. The number of nitriles is 1. The summed E-state index contributed by atoms with van der Waals surface area (Å²) in [5.74, 6) is -0.115. The van der Waals surface area contributed by atoms with Crippen LogP contribution in [0.3, 0.4) is 0 Å². The third-order valence-corrected chi connectivity index (χ3v) is 3.94. The highest BCUT2D eigenvalue weighted by atomic mass is 79.9. The topological polar surface area (TPSA) is 77.8 Å². The summed E-state index contributed by atoms with van der Waals surface area (Å²) in [5.41, 5.74) is 0.192. The second-order valence-corrected chi connectivity index (χ2v) is 5.93. The van der Waals surface area contributed by atoms with Crippen LogP contribution >= 0.6 is 39.1 Å². The summed E-state index contributed by atoms with van der Waals surface area (Å²) in [4.78, 5) is 16.2.